The van der Waals surface area contributed by atoms with E-state index in [1.54, 1.807) is 18.7 Å². The van der Waals surface area contributed by atoms with Crippen LogP contribution in [0.3, 0.4) is 0 Å². The zero-order valence-corrected chi connectivity index (χ0v) is 13.3. The number of anilines is 1. The van der Waals surface area contributed by atoms with E-state index in [0.717, 1.165) is 37.8 Å². The van der Waals surface area contributed by atoms with Crippen molar-refractivity contribution in [1.29, 1.82) is 0 Å². The Morgan fingerprint density at radius 2 is 1.95 bits per heavy atom. The molecule has 0 aliphatic heterocycles. The molecule has 1 aliphatic carbocycles. The molecule has 1 aromatic rings. The summed E-state index contributed by atoms with van der Waals surface area (Å²) in [5, 5.41) is 0.492. The van der Waals surface area contributed by atoms with Crippen LogP contribution in [0.25, 0.3) is 0 Å². The summed E-state index contributed by atoms with van der Waals surface area (Å²) in [7, 11) is 0. The quantitative estimate of drug-likeness (QED) is 0.765. The number of rotatable bonds is 4. The molecule has 0 bridgehead atoms. The van der Waals surface area contributed by atoms with Gasteiger partial charge in [-0.1, -0.05) is 37.8 Å². The first kappa shape index (κ1) is 15.5. The maximum atomic E-state index is 14.7. The van der Waals surface area contributed by atoms with Crippen LogP contribution in [0.15, 0.2) is 6.33 Å². The van der Waals surface area contributed by atoms with Gasteiger partial charge >= 0.3 is 0 Å². The molecule has 20 heavy (non-hydrogen) atoms. The van der Waals surface area contributed by atoms with Crippen molar-refractivity contribution in [3.8, 4) is 0 Å². The Kier molecular flexibility index (Phi) is 4.84. The van der Waals surface area contributed by atoms with Crippen LogP contribution in [0.1, 0.15) is 58.6 Å². The van der Waals surface area contributed by atoms with Gasteiger partial charge in [-0.05, 0) is 33.1 Å². The molecule has 1 aromatic heterocycles. The largest absolute Gasteiger partial charge is 0.320 e. The Balaban J connectivity index is 2.41. The molecular formula is C15H23ClFN3. The fourth-order valence-electron chi connectivity index (χ4n) is 3.01. The van der Waals surface area contributed by atoms with Gasteiger partial charge in [0.05, 0.1) is 5.69 Å². The van der Waals surface area contributed by atoms with Gasteiger partial charge in [-0.2, -0.15) is 0 Å². The normalized spacial score (nSPS) is 17.2. The van der Waals surface area contributed by atoms with Crippen LogP contribution in [0.2, 0.25) is 5.02 Å². The van der Waals surface area contributed by atoms with Gasteiger partial charge in [-0.15, -0.1) is 0 Å². The maximum absolute atomic E-state index is 14.7. The fraction of sp³-hybridized carbons (Fsp3) is 0.733. The number of aromatic nitrogens is 2. The molecule has 0 spiro atoms. The van der Waals surface area contributed by atoms with Gasteiger partial charge in [0.1, 0.15) is 11.3 Å². The van der Waals surface area contributed by atoms with E-state index < -0.39 is 5.79 Å². The van der Waals surface area contributed by atoms with Gasteiger partial charge < -0.3 is 4.90 Å². The highest BCUT2D eigenvalue weighted by molar-refractivity contribution is 6.33. The van der Waals surface area contributed by atoms with E-state index in [0.29, 0.717) is 10.8 Å². The second kappa shape index (κ2) is 6.25. The zero-order chi connectivity index (χ0) is 14.8. The van der Waals surface area contributed by atoms with Gasteiger partial charge in [0, 0.05) is 6.04 Å². The predicted octanol–water partition coefficient (Wildman–Crippen LogP) is 4.54. The minimum Gasteiger partial charge on any atom is -0.320 e. The van der Waals surface area contributed by atoms with E-state index in [-0.39, 0.29) is 6.04 Å². The van der Waals surface area contributed by atoms with Crippen LogP contribution in [0, 0.1) is 0 Å². The highest BCUT2D eigenvalue weighted by Crippen LogP contribution is 2.37. The second-order valence-electron chi connectivity index (χ2n) is 5.88. The number of halogens is 2. The van der Waals surface area contributed by atoms with E-state index in [9.17, 15) is 4.39 Å². The molecule has 112 valence electrons. The molecular weight excluding hydrogens is 277 g/mol. The van der Waals surface area contributed by atoms with Crippen molar-refractivity contribution in [2.45, 2.75) is 71.1 Å². The lowest BCUT2D eigenvalue weighted by Crippen LogP contribution is -2.49. The van der Waals surface area contributed by atoms with E-state index in [1.807, 2.05) is 6.92 Å². The Hall–Kier alpha value is -0.900. The molecule has 0 amide bonds. The van der Waals surface area contributed by atoms with E-state index >= 15 is 0 Å². The number of nitrogens with zero attached hydrogens (tertiary/aromatic N) is 3. The van der Waals surface area contributed by atoms with Crippen molar-refractivity contribution < 1.29 is 4.39 Å². The molecule has 0 N–H and O–H groups in total. The monoisotopic (exact) mass is 299 g/mol. The highest BCUT2D eigenvalue weighted by atomic mass is 35.5. The Morgan fingerprint density at radius 3 is 2.50 bits per heavy atom. The SMILES string of the molecule is CCc1ncnc(N(C2CCCCC2)C(C)(C)F)c1Cl. The summed E-state index contributed by atoms with van der Waals surface area (Å²) in [5.74, 6) is -0.941. The van der Waals surface area contributed by atoms with E-state index in [1.165, 1.54) is 12.7 Å². The summed E-state index contributed by atoms with van der Waals surface area (Å²) in [4.78, 5) is 10.2. The number of aryl methyl sites for hydroxylation is 1. The standard InChI is InChI=1S/C15H23ClFN3/c1-4-12-13(16)14(19-10-18-12)20(15(2,3)17)11-8-6-5-7-9-11/h10-11H,4-9H2,1-3H3. The van der Waals surface area contributed by atoms with Crippen molar-refractivity contribution in [1.82, 2.24) is 9.97 Å². The van der Waals surface area contributed by atoms with Crippen molar-refractivity contribution >= 4 is 17.4 Å². The average Bonchev–Trinajstić information content (AvgIpc) is 2.41. The molecule has 1 aliphatic rings. The van der Waals surface area contributed by atoms with Crippen LogP contribution in [-0.4, -0.2) is 21.8 Å². The Morgan fingerprint density at radius 1 is 1.30 bits per heavy atom. The lowest BCUT2D eigenvalue weighted by Gasteiger charge is -2.41. The summed E-state index contributed by atoms with van der Waals surface area (Å²) < 4.78 is 14.7. The maximum Gasteiger partial charge on any atom is 0.178 e. The third-order valence-electron chi connectivity index (χ3n) is 3.92. The average molecular weight is 300 g/mol. The van der Waals surface area contributed by atoms with Crippen LogP contribution in [0.5, 0.6) is 0 Å². The molecule has 1 fully saturated rings. The van der Waals surface area contributed by atoms with Crippen molar-refractivity contribution in [3.05, 3.63) is 17.0 Å². The third kappa shape index (κ3) is 3.22. The van der Waals surface area contributed by atoms with Gasteiger partial charge in [-0.25, -0.2) is 14.4 Å². The minimum atomic E-state index is -1.48. The van der Waals surface area contributed by atoms with Gasteiger partial charge in [0.25, 0.3) is 0 Å². The van der Waals surface area contributed by atoms with E-state index in [2.05, 4.69) is 9.97 Å². The van der Waals surface area contributed by atoms with Crippen molar-refractivity contribution in [2.24, 2.45) is 0 Å². The smallest absolute Gasteiger partial charge is 0.178 e. The first-order valence-corrected chi connectivity index (χ1v) is 7.80. The number of hydrogen-bond donors (Lipinski definition) is 0. The molecule has 5 heteroatoms. The van der Waals surface area contributed by atoms with Crippen molar-refractivity contribution in [2.75, 3.05) is 4.90 Å². The summed E-state index contributed by atoms with van der Waals surface area (Å²) in [6, 6.07) is 0.167. The topological polar surface area (TPSA) is 29.0 Å². The molecule has 0 atom stereocenters. The first-order valence-electron chi connectivity index (χ1n) is 7.42. The van der Waals surface area contributed by atoms with Gasteiger partial charge in [-0.3, -0.25) is 0 Å². The number of alkyl halides is 1. The van der Waals surface area contributed by atoms with Gasteiger partial charge in [0.2, 0.25) is 0 Å². The molecule has 1 heterocycles. The third-order valence-corrected chi connectivity index (χ3v) is 4.31. The van der Waals surface area contributed by atoms with Crippen LogP contribution >= 0.6 is 11.6 Å². The molecule has 3 nitrogen and oxygen atoms in total. The molecule has 0 radical (unpaired) electrons. The molecule has 1 saturated carbocycles. The zero-order valence-electron chi connectivity index (χ0n) is 12.5. The van der Waals surface area contributed by atoms with Crippen LogP contribution in [-0.2, 0) is 6.42 Å². The van der Waals surface area contributed by atoms with Gasteiger partial charge in [0.15, 0.2) is 11.6 Å². The Bertz CT molecular complexity index is 453. The summed E-state index contributed by atoms with van der Waals surface area (Å²) in [6.07, 6.45) is 7.71. The number of hydrogen-bond acceptors (Lipinski definition) is 3. The first-order chi connectivity index (χ1) is 9.45. The fourth-order valence-corrected chi connectivity index (χ4v) is 3.33. The highest BCUT2D eigenvalue weighted by Gasteiger charge is 2.36. The lowest BCUT2D eigenvalue weighted by atomic mass is 9.93. The van der Waals surface area contributed by atoms with Crippen molar-refractivity contribution in [3.63, 3.8) is 0 Å². The van der Waals surface area contributed by atoms with Crippen LogP contribution in [0.4, 0.5) is 10.2 Å². The van der Waals surface area contributed by atoms with E-state index in [4.69, 9.17) is 11.6 Å². The molecule has 0 unspecified atom stereocenters. The summed E-state index contributed by atoms with van der Waals surface area (Å²) >= 11 is 6.40. The minimum absolute atomic E-state index is 0.167. The summed E-state index contributed by atoms with van der Waals surface area (Å²) in [5.41, 5.74) is 0.779. The lowest BCUT2D eigenvalue weighted by molar-refractivity contribution is 0.176. The summed E-state index contributed by atoms with van der Waals surface area (Å²) in [6.45, 7) is 5.14. The molecule has 2 rings (SSSR count). The molecule has 0 saturated heterocycles. The predicted molar refractivity (Wildman–Crippen MR) is 81.0 cm³/mol. The van der Waals surface area contributed by atoms with Crippen LogP contribution < -0.4 is 4.90 Å². The Labute approximate surface area is 125 Å². The molecule has 0 aromatic carbocycles. The second-order valence-corrected chi connectivity index (χ2v) is 6.26.